The molecule has 2 heterocycles. The van der Waals surface area contributed by atoms with Crippen LogP contribution in [0.4, 0.5) is 0 Å². The number of aromatic nitrogens is 3. The van der Waals surface area contributed by atoms with Gasteiger partial charge in [0.25, 0.3) is 5.56 Å². The van der Waals surface area contributed by atoms with Crippen LogP contribution in [0.2, 0.25) is 0 Å². The summed E-state index contributed by atoms with van der Waals surface area (Å²) in [7, 11) is 0. The van der Waals surface area contributed by atoms with Gasteiger partial charge in [-0.2, -0.15) is 17.7 Å². The normalized spacial score (nSPS) is 12.2. The fourth-order valence-electron chi connectivity index (χ4n) is 2.19. The lowest BCUT2D eigenvalue weighted by molar-refractivity contribution is 0.255. The SMILES string of the molecule is CCC(CC)(CS)Cn1ccn2nccc2c1=O. The summed E-state index contributed by atoms with van der Waals surface area (Å²) in [6.45, 7) is 5.02. The first-order valence-corrected chi connectivity index (χ1v) is 6.92. The van der Waals surface area contributed by atoms with Crippen molar-refractivity contribution in [3.05, 3.63) is 35.0 Å². The lowest BCUT2D eigenvalue weighted by Crippen LogP contribution is -2.33. The molecule has 0 fully saturated rings. The zero-order valence-corrected chi connectivity index (χ0v) is 11.7. The largest absolute Gasteiger partial charge is 0.312 e. The van der Waals surface area contributed by atoms with Gasteiger partial charge in [0.1, 0.15) is 5.52 Å². The molecular formula is C13H19N3OS. The van der Waals surface area contributed by atoms with Crippen molar-refractivity contribution in [2.75, 3.05) is 5.75 Å². The van der Waals surface area contributed by atoms with Crippen LogP contribution in [0.15, 0.2) is 29.5 Å². The third kappa shape index (κ3) is 2.19. The summed E-state index contributed by atoms with van der Waals surface area (Å²) >= 11 is 4.45. The molecule has 0 saturated carbocycles. The lowest BCUT2D eigenvalue weighted by Gasteiger charge is -2.30. The maximum atomic E-state index is 12.3. The lowest BCUT2D eigenvalue weighted by atomic mass is 9.84. The molecule has 0 aliphatic rings. The zero-order valence-electron chi connectivity index (χ0n) is 10.8. The summed E-state index contributed by atoms with van der Waals surface area (Å²) in [4.78, 5) is 12.3. The number of fused-ring (bicyclic) bond motifs is 1. The highest BCUT2D eigenvalue weighted by Crippen LogP contribution is 2.29. The minimum Gasteiger partial charge on any atom is -0.312 e. The van der Waals surface area contributed by atoms with Crippen LogP contribution < -0.4 is 5.56 Å². The second-order valence-electron chi connectivity index (χ2n) is 4.76. The molecule has 0 aromatic carbocycles. The molecule has 0 saturated heterocycles. The third-order valence-electron chi connectivity index (χ3n) is 3.88. The summed E-state index contributed by atoms with van der Waals surface area (Å²) in [5.41, 5.74) is 0.728. The van der Waals surface area contributed by atoms with E-state index in [-0.39, 0.29) is 11.0 Å². The minimum absolute atomic E-state index is 0.0167. The summed E-state index contributed by atoms with van der Waals surface area (Å²) in [6.07, 6.45) is 7.32. The van der Waals surface area contributed by atoms with Crippen LogP contribution in [0.1, 0.15) is 26.7 Å². The molecule has 2 aromatic rings. The highest BCUT2D eigenvalue weighted by molar-refractivity contribution is 7.80. The molecule has 0 unspecified atom stereocenters. The van der Waals surface area contributed by atoms with Crippen molar-refractivity contribution >= 4 is 18.1 Å². The van der Waals surface area contributed by atoms with Gasteiger partial charge in [-0.15, -0.1) is 0 Å². The molecule has 0 radical (unpaired) electrons. The summed E-state index contributed by atoms with van der Waals surface area (Å²) in [5.74, 6) is 0.789. The summed E-state index contributed by atoms with van der Waals surface area (Å²) in [6, 6.07) is 1.75. The van der Waals surface area contributed by atoms with Crippen molar-refractivity contribution in [1.82, 2.24) is 14.2 Å². The second-order valence-corrected chi connectivity index (χ2v) is 5.07. The van der Waals surface area contributed by atoms with Crippen LogP contribution >= 0.6 is 12.6 Å². The van der Waals surface area contributed by atoms with E-state index in [1.165, 1.54) is 0 Å². The Morgan fingerprint density at radius 2 is 2.06 bits per heavy atom. The van der Waals surface area contributed by atoms with Gasteiger partial charge in [-0.05, 0) is 30.1 Å². The molecular weight excluding hydrogens is 246 g/mol. The summed E-state index contributed by atoms with van der Waals surface area (Å²) < 4.78 is 3.39. The molecule has 0 aliphatic heterocycles. The molecule has 18 heavy (non-hydrogen) atoms. The van der Waals surface area contributed by atoms with Crippen LogP contribution in [0, 0.1) is 5.41 Å². The van der Waals surface area contributed by atoms with Gasteiger partial charge < -0.3 is 4.57 Å². The first kappa shape index (κ1) is 13.2. The highest BCUT2D eigenvalue weighted by Gasteiger charge is 2.25. The van der Waals surface area contributed by atoms with Gasteiger partial charge >= 0.3 is 0 Å². The van der Waals surface area contributed by atoms with Crippen LogP contribution in [0.3, 0.4) is 0 Å². The topological polar surface area (TPSA) is 39.3 Å². The van der Waals surface area contributed by atoms with E-state index in [0.717, 1.165) is 18.6 Å². The molecule has 0 bridgehead atoms. The van der Waals surface area contributed by atoms with Crippen molar-refractivity contribution in [3.8, 4) is 0 Å². The quantitative estimate of drug-likeness (QED) is 0.842. The average molecular weight is 265 g/mol. The van der Waals surface area contributed by atoms with E-state index in [1.807, 2.05) is 12.4 Å². The smallest absolute Gasteiger partial charge is 0.276 e. The molecule has 4 nitrogen and oxygen atoms in total. The molecule has 2 aromatic heterocycles. The fourth-order valence-corrected chi connectivity index (χ4v) is 2.74. The van der Waals surface area contributed by atoms with Crippen molar-refractivity contribution in [3.63, 3.8) is 0 Å². The van der Waals surface area contributed by atoms with E-state index >= 15 is 0 Å². The van der Waals surface area contributed by atoms with Gasteiger partial charge in [-0.3, -0.25) is 4.79 Å². The van der Waals surface area contributed by atoms with Gasteiger partial charge in [-0.1, -0.05) is 13.8 Å². The van der Waals surface area contributed by atoms with E-state index in [2.05, 4.69) is 31.6 Å². The van der Waals surface area contributed by atoms with Crippen molar-refractivity contribution in [2.45, 2.75) is 33.2 Å². The monoisotopic (exact) mass is 265 g/mol. The van der Waals surface area contributed by atoms with E-state index in [9.17, 15) is 4.79 Å². The summed E-state index contributed by atoms with van der Waals surface area (Å²) in [5, 5.41) is 4.07. The number of rotatable bonds is 5. The van der Waals surface area contributed by atoms with Gasteiger partial charge in [0, 0.05) is 18.9 Å². The predicted octanol–water partition coefficient (Wildman–Crippen LogP) is 2.23. The molecule has 0 amide bonds. The molecule has 98 valence electrons. The molecule has 2 rings (SSSR count). The highest BCUT2D eigenvalue weighted by atomic mass is 32.1. The minimum atomic E-state index is 0.0167. The van der Waals surface area contributed by atoms with E-state index in [1.54, 1.807) is 21.3 Å². The van der Waals surface area contributed by atoms with Gasteiger partial charge in [0.2, 0.25) is 0 Å². The molecule has 0 spiro atoms. The van der Waals surface area contributed by atoms with Crippen LogP contribution in [-0.4, -0.2) is 19.9 Å². The molecule has 0 aliphatic carbocycles. The average Bonchev–Trinajstić information content (AvgIpc) is 2.88. The predicted molar refractivity (Wildman–Crippen MR) is 76.3 cm³/mol. The molecule has 5 heteroatoms. The van der Waals surface area contributed by atoms with Crippen LogP contribution in [-0.2, 0) is 6.54 Å². The Morgan fingerprint density at radius 1 is 1.33 bits per heavy atom. The molecule has 0 N–H and O–H groups in total. The van der Waals surface area contributed by atoms with Gasteiger partial charge in [0.05, 0.1) is 6.20 Å². The molecule has 0 atom stereocenters. The first-order valence-electron chi connectivity index (χ1n) is 6.29. The Bertz CT molecular complexity index is 575. The van der Waals surface area contributed by atoms with Crippen LogP contribution in [0.25, 0.3) is 5.52 Å². The second kappa shape index (κ2) is 5.18. The number of nitrogens with zero attached hydrogens (tertiary/aromatic N) is 3. The third-order valence-corrected chi connectivity index (χ3v) is 4.55. The fraction of sp³-hybridized carbons (Fsp3) is 0.538. The number of thiol groups is 1. The Morgan fingerprint density at radius 3 is 2.67 bits per heavy atom. The van der Waals surface area contributed by atoms with Crippen molar-refractivity contribution < 1.29 is 0 Å². The zero-order chi connectivity index (χ0) is 13.2. The van der Waals surface area contributed by atoms with Crippen molar-refractivity contribution in [1.29, 1.82) is 0 Å². The van der Waals surface area contributed by atoms with Crippen molar-refractivity contribution in [2.24, 2.45) is 5.41 Å². The number of hydrogen-bond acceptors (Lipinski definition) is 3. The maximum absolute atomic E-state index is 12.3. The maximum Gasteiger partial charge on any atom is 0.276 e. The van der Waals surface area contributed by atoms with E-state index in [4.69, 9.17) is 0 Å². The van der Waals surface area contributed by atoms with Crippen LogP contribution in [0.5, 0.6) is 0 Å². The van der Waals surface area contributed by atoms with Gasteiger partial charge in [-0.25, -0.2) is 4.52 Å². The van der Waals surface area contributed by atoms with E-state index < -0.39 is 0 Å². The Hall–Kier alpha value is -1.23. The van der Waals surface area contributed by atoms with E-state index in [0.29, 0.717) is 12.1 Å². The first-order chi connectivity index (χ1) is 8.65. The Kier molecular flexibility index (Phi) is 3.80. The Balaban J connectivity index is 2.42. The van der Waals surface area contributed by atoms with Gasteiger partial charge in [0.15, 0.2) is 0 Å². The Labute approximate surface area is 112 Å². The standard InChI is InChI=1S/C13H19N3OS/c1-3-13(4-2,10-18)9-15-7-8-16-11(12(15)17)5-6-14-16/h5-8,18H,3-4,9-10H2,1-2H3. The number of hydrogen-bond donors (Lipinski definition) is 1.